The Kier molecular flexibility index (Phi) is 13.4. The van der Waals surface area contributed by atoms with Crippen molar-refractivity contribution in [1.29, 1.82) is 0 Å². The van der Waals surface area contributed by atoms with E-state index in [1.54, 1.807) is 0 Å². The molecule has 8 aromatic carbocycles. The quantitative estimate of drug-likeness (QED) is 0.0617. The lowest BCUT2D eigenvalue weighted by atomic mass is 9.76. The molecule has 488 valence electrons. The van der Waals surface area contributed by atoms with Gasteiger partial charge in [0.25, 0.3) is 0 Å². The molecule has 6 saturated carbocycles. The zero-order chi connectivity index (χ0) is 64.4. The number of aliphatic hydroxyl groups excluding tert-OH is 2. The van der Waals surface area contributed by atoms with Crippen molar-refractivity contribution >= 4 is 111 Å². The second-order valence-electron chi connectivity index (χ2n) is 31.4. The van der Waals surface area contributed by atoms with Crippen LogP contribution in [0.15, 0.2) is 143 Å². The number of Topliss-reactive ketones (excluding diaryl/α,β-unsaturated/α-hetero) is 2. The van der Waals surface area contributed by atoms with E-state index in [-0.39, 0.29) is 45.7 Å². The number of nitrogens with one attached hydrogen (secondary N) is 6. The van der Waals surface area contributed by atoms with Crippen molar-refractivity contribution in [3.63, 3.8) is 0 Å². The molecule has 8 aromatic rings. The molecular formula is C84H88N8O4. The highest BCUT2D eigenvalue weighted by Gasteiger charge is 2.55. The van der Waals surface area contributed by atoms with Gasteiger partial charge in [-0.15, -0.1) is 0 Å². The fourth-order valence-electron chi connectivity index (χ4n) is 21.0. The van der Waals surface area contributed by atoms with Crippen molar-refractivity contribution in [2.75, 3.05) is 31.9 Å². The smallest absolute Gasteiger partial charge is 0.201 e. The van der Waals surface area contributed by atoms with Crippen molar-refractivity contribution in [2.45, 2.75) is 191 Å². The zero-order valence-corrected chi connectivity index (χ0v) is 55.6. The van der Waals surface area contributed by atoms with E-state index in [2.05, 4.69) is 143 Å². The van der Waals surface area contributed by atoms with Crippen LogP contribution in [-0.2, 0) is 9.59 Å². The van der Waals surface area contributed by atoms with E-state index in [1.807, 2.05) is 24.3 Å². The molecule has 4 aliphatic heterocycles. The molecule has 12 heteroatoms. The van der Waals surface area contributed by atoms with Gasteiger partial charge in [0, 0.05) is 77.7 Å². The van der Waals surface area contributed by atoms with Crippen LogP contribution in [0, 0.1) is 35.5 Å². The Morgan fingerprint density at radius 1 is 0.438 bits per heavy atom. The summed E-state index contributed by atoms with van der Waals surface area (Å²) in [4.78, 5) is 39.8. The number of benzene rings is 8. The van der Waals surface area contributed by atoms with Crippen molar-refractivity contribution in [3.05, 3.63) is 165 Å². The number of aliphatic hydroxyl groups is 2. The maximum absolute atomic E-state index is 14.5. The molecule has 6 atom stereocenters. The molecule has 0 saturated heterocycles. The van der Waals surface area contributed by atoms with E-state index < -0.39 is 0 Å². The monoisotopic (exact) mass is 1270 g/mol. The van der Waals surface area contributed by atoms with Crippen LogP contribution in [0.4, 0.5) is 34.1 Å². The minimum Gasteiger partial charge on any atom is -0.506 e. The number of ketones is 2. The largest absolute Gasteiger partial charge is 0.506 e. The first-order chi connectivity index (χ1) is 46.9. The number of nitrogens with zero attached hydrogens (tertiary/aromatic N) is 2. The molecule has 0 amide bonds. The molecule has 12 nitrogen and oxygen atoms in total. The van der Waals surface area contributed by atoms with Gasteiger partial charge in [0.1, 0.15) is 34.2 Å². The summed E-state index contributed by atoms with van der Waals surface area (Å²) in [6.45, 7) is 4.55. The van der Waals surface area contributed by atoms with Crippen LogP contribution in [0.3, 0.4) is 0 Å². The first-order valence-corrected chi connectivity index (χ1v) is 37.0. The van der Waals surface area contributed by atoms with Crippen LogP contribution in [0.25, 0.3) is 65.4 Å². The Morgan fingerprint density at radius 3 is 1.43 bits per heavy atom. The van der Waals surface area contributed by atoms with Gasteiger partial charge in [0.15, 0.2) is 0 Å². The van der Waals surface area contributed by atoms with Gasteiger partial charge in [-0.05, 0) is 172 Å². The lowest BCUT2D eigenvalue weighted by Crippen LogP contribution is -2.52. The van der Waals surface area contributed by atoms with Crippen molar-refractivity contribution < 1.29 is 19.8 Å². The molecule has 6 fully saturated rings. The zero-order valence-electron chi connectivity index (χ0n) is 55.6. The first-order valence-electron chi connectivity index (χ1n) is 37.0. The van der Waals surface area contributed by atoms with Crippen molar-refractivity contribution in [1.82, 2.24) is 0 Å². The average Bonchev–Trinajstić information content (AvgIpc) is 0.843. The Balaban J connectivity index is 0.000000137. The number of fused-ring (bicyclic) bond motifs is 6. The summed E-state index contributed by atoms with van der Waals surface area (Å²) in [6, 6.07) is 41.9. The molecule has 8 N–H and O–H groups in total. The molecule has 20 rings (SSSR count). The van der Waals surface area contributed by atoms with E-state index in [1.165, 1.54) is 103 Å². The Bertz CT molecular complexity index is 5050. The molecular weight excluding hydrogens is 1180 g/mol. The normalized spacial score (nSPS) is 30.8. The molecule has 8 aliphatic carbocycles. The number of carbonyl (C=O) groups excluding carboxylic acids is 2. The molecule has 96 heavy (non-hydrogen) atoms. The summed E-state index contributed by atoms with van der Waals surface area (Å²) in [7, 11) is 0. The van der Waals surface area contributed by atoms with Crippen LogP contribution >= 0.6 is 0 Å². The topological polar surface area (TPSA) is 171 Å². The summed E-state index contributed by atoms with van der Waals surface area (Å²) in [6.07, 6.45) is 28.7. The van der Waals surface area contributed by atoms with Crippen LogP contribution in [0.2, 0.25) is 0 Å². The number of allylic oxidation sites excluding steroid dienone is 4. The summed E-state index contributed by atoms with van der Waals surface area (Å²) in [5, 5.41) is 59.3. The minimum absolute atomic E-state index is 0.0857. The van der Waals surface area contributed by atoms with Gasteiger partial charge in [0.2, 0.25) is 11.6 Å². The van der Waals surface area contributed by atoms with E-state index in [4.69, 9.17) is 9.98 Å². The Labute approximate surface area is 561 Å². The maximum Gasteiger partial charge on any atom is 0.201 e. The number of rotatable bonds is 10. The SMILES string of the molecule is CCCCCC1CCC2(CC1)N=c1c(=C3C(=O)C(c4ccc5cccc6c5c4NC4(CCC(CCCCC)CC4)N6)=C3O)ccc3cccc(c13)N2.O=C1C(c2ccc3cccc4c3c2NC2(CC3CCC2C3)N4)=C(O)C1=c1ccc2cccc3c2c1=NC1(CC2CCC1C2)N3. The number of hydrogen-bond acceptors (Lipinski definition) is 12. The third-order valence-electron chi connectivity index (χ3n) is 25.8. The summed E-state index contributed by atoms with van der Waals surface area (Å²) in [5.41, 5.74) is 8.43. The van der Waals surface area contributed by atoms with Crippen LogP contribution < -0.4 is 53.1 Å². The van der Waals surface area contributed by atoms with Gasteiger partial charge >= 0.3 is 0 Å². The van der Waals surface area contributed by atoms with E-state index in [0.717, 1.165) is 179 Å². The van der Waals surface area contributed by atoms with Gasteiger partial charge in [0.05, 0.1) is 44.4 Å². The molecule has 12 aliphatic rings. The lowest BCUT2D eigenvalue weighted by molar-refractivity contribution is -0.110. The van der Waals surface area contributed by atoms with E-state index in [9.17, 15) is 19.8 Å². The van der Waals surface area contributed by atoms with Gasteiger partial charge in [-0.25, -0.2) is 0 Å². The summed E-state index contributed by atoms with van der Waals surface area (Å²) >= 11 is 0. The summed E-state index contributed by atoms with van der Waals surface area (Å²) < 4.78 is 0. The standard InChI is InChI=1S/C46H54N4O2.C38H34N4O2/c1-3-5-7-11-29-21-25-45(26-22-29)47-35-15-9-13-31-17-19-33(41(49-45)37(31)35)39-43(51)40(44(39)52)34-20-18-32-14-10-16-36-38(32)42(34)50-46(48-36)27-23-30(24-28-46)12-8-6-4-2;43-35-31(25-13-9-21-3-1-5-27-29(21)33(25)41-37(39-27)17-19-7-11-23(37)15-19)36(44)32(35)26-14-10-22-4-2-6-28-30(22)34(26)42-38(40-28)18-20-8-12-24(38)16-20/h9-10,13-20,29-30,47-49,51H,3-8,11-12,21-28H2,1-2H3;1-6,9-10,13-14,19-20,23-24,39-41,43H,7-8,11-12,15-18H2. The average molecular weight is 1270 g/mol. The van der Waals surface area contributed by atoms with Gasteiger partial charge in [-0.1, -0.05) is 162 Å². The fourth-order valence-corrected chi connectivity index (χ4v) is 21.0. The second kappa shape index (κ2) is 21.9. The van der Waals surface area contributed by atoms with Gasteiger partial charge < -0.3 is 42.1 Å². The van der Waals surface area contributed by atoms with Gasteiger partial charge in [-0.3, -0.25) is 19.6 Å². The highest BCUT2D eigenvalue weighted by molar-refractivity contribution is 6.53. The molecule has 4 spiro atoms. The van der Waals surface area contributed by atoms with Crippen molar-refractivity contribution in [2.24, 2.45) is 45.5 Å². The highest BCUT2D eigenvalue weighted by Crippen LogP contribution is 2.58. The molecule has 6 unspecified atom stereocenters. The maximum atomic E-state index is 14.5. The molecule has 0 radical (unpaired) electrons. The predicted octanol–water partition coefficient (Wildman–Crippen LogP) is 17.1. The van der Waals surface area contributed by atoms with E-state index in [0.29, 0.717) is 40.0 Å². The Morgan fingerprint density at radius 2 is 0.917 bits per heavy atom. The van der Waals surface area contributed by atoms with Gasteiger partial charge in [-0.2, -0.15) is 0 Å². The molecule has 4 heterocycles. The molecule has 4 bridgehead atoms. The first kappa shape index (κ1) is 58.7. The van der Waals surface area contributed by atoms with Crippen molar-refractivity contribution in [3.8, 4) is 0 Å². The minimum atomic E-state index is -0.382. The third-order valence-corrected chi connectivity index (χ3v) is 25.8. The number of carbonyl (C=O) groups is 2. The molecule has 0 aromatic heterocycles. The lowest BCUT2D eigenvalue weighted by Gasteiger charge is -2.46. The number of hydrogen-bond donors (Lipinski definition) is 8. The Hall–Kier alpha value is -8.64. The fraction of sp³-hybridized carbons (Fsp3) is 0.429. The van der Waals surface area contributed by atoms with E-state index >= 15 is 0 Å². The third kappa shape index (κ3) is 8.89. The van der Waals surface area contributed by atoms with Crippen LogP contribution in [0.5, 0.6) is 0 Å². The van der Waals surface area contributed by atoms with Crippen LogP contribution in [0.1, 0.15) is 179 Å². The predicted molar refractivity (Wildman–Crippen MR) is 389 cm³/mol. The number of unbranched alkanes of at least 4 members (excludes halogenated alkanes) is 4. The second-order valence-corrected chi connectivity index (χ2v) is 31.4. The highest BCUT2D eigenvalue weighted by atomic mass is 16.3. The summed E-state index contributed by atoms with van der Waals surface area (Å²) in [5.74, 6) is 4.01. The van der Waals surface area contributed by atoms with Crippen LogP contribution in [-0.4, -0.2) is 44.4 Å². The number of anilines is 6.